The van der Waals surface area contributed by atoms with Gasteiger partial charge < -0.3 is 10.1 Å². The lowest BCUT2D eigenvalue weighted by molar-refractivity contribution is -0.120. The van der Waals surface area contributed by atoms with Crippen LogP contribution in [0.3, 0.4) is 0 Å². The first kappa shape index (κ1) is 22.0. The van der Waals surface area contributed by atoms with Gasteiger partial charge in [0, 0.05) is 12.6 Å². The van der Waals surface area contributed by atoms with Crippen molar-refractivity contribution in [3.63, 3.8) is 0 Å². The van der Waals surface area contributed by atoms with E-state index in [0.717, 1.165) is 25.9 Å². The molecule has 1 aromatic heterocycles. The summed E-state index contributed by atoms with van der Waals surface area (Å²) < 4.78 is 7.48. The van der Waals surface area contributed by atoms with Gasteiger partial charge in [0.25, 0.3) is 5.56 Å². The maximum Gasteiger partial charge on any atom is 0.262 e. The minimum Gasteiger partial charge on any atom is -0.376 e. The molecule has 0 spiro atoms. The molecule has 172 valence electrons. The van der Waals surface area contributed by atoms with Gasteiger partial charge in [-0.1, -0.05) is 44.7 Å². The van der Waals surface area contributed by atoms with E-state index in [1.807, 2.05) is 24.3 Å². The van der Waals surface area contributed by atoms with Gasteiger partial charge in [0.15, 0.2) is 5.16 Å². The lowest BCUT2D eigenvalue weighted by atomic mass is 9.69. The molecule has 1 saturated heterocycles. The van der Waals surface area contributed by atoms with Crippen LogP contribution in [0.5, 0.6) is 0 Å². The Morgan fingerprint density at radius 3 is 2.78 bits per heavy atom. The van der Waals surface area contributed by atoms with E-state index in [-0.39, 0.29) is 40.2 Å². The molecule has 1 aromatic carbocycles. The smallest absolute Gasteiger partial charge is 0.262 e. The highest BCUT2D eigenvalue weighted by atomic mass is 32.2. The molecule has 4 atom stereocenters. The second-order valence-corrected chi connectivity index (χ2v) is 11.4. The van der Waals surface area contributed by atoms with E-state index in [4.69, 9.17) is 9.72 Å². The van der Waals surface area contributed by atoms with Crippen molar-refractivity contribution >= 4 is 28.6 Å². The molecular formula is C25H33N3O3S. The minimum absolute atomic E-state index is 0.0237. The largest absolute Gasteiger partial charge is 0.376 e. The van der Waals surface area contributed by atoms with Crippen molar-refractivity contribution in [1.29, 1.82) is 0 Å². The van der Waals surface area contributed by atoms with Crippen molar-refractivity contribution < 1.29 is 9.53 Å². The fourth-order valence-electron chi connectivity index (χ4n) is 6.20. The zero-order valence-electron chi connectivity index (χ0n) is 19.2. The van der Waals surface area contributed by atoms with Crippen LogP contribution in [-0.2, 0) is 16.1 Å². The minimum atomic E-state index is -0.0589. The molecule has 1 amide bonds. The van der Waals surface area contributed by atoms with Gasteiger partial charge in [-0.25, -0.2) is 4.98 Å². The SMILES string of the molecule is CC1(C)C2CCC1(C)C(NC(=O)CSc1nc3ccccc3c(=O)n1CC1CCCO1)C2. The molecule has 1 N–H and O–H groups in total. The monoisotopic (exact) mass is 455 g/mol. The van der Waals surface area contributed by atoms with Crippen LogP contribution in [0.2, 0.25) is 0 Å². The molecule has 1 aliphatic heterocycles. The molecule has 4 unspecified atom stereocenters. The summed E-state index contributed by atoms with van der Waals surface area (Å²) in [5, 5.41) is 4.53. The van der Waals surface area contributed by atoms with Crippen LogP contribution in [0.4, 0.5) is 0 Å². The number of fused-ring (bicyclic) bond motifs is 3. The van der Waals surface area contributed by atoms with Gasteiger partial charge in [-0.15, -0.1) is 0 Å². The Morgan fingerprint density at radius 2 is 2.09 bits per heavy atom. The Kier molecular flexibility index (Phi) is 5.61. The van der Waals surface area contributed by atoms with Crippen LogP contribution in [0, 0.1) is 16.7 Å². The predicted octanol–water partition coefficient (Wildman–Crippen LogP) is 4.00. The van der Waals surface area contributed by atoms with E-state index in [2.05, 4.69) is 26.1 Å². The van der Waals surface area contributed by atoms with E-state index < -0.39 is 0 Å². The van der Waals surface area contributed by atoms with Gasteiger partial charge in [0.2, 0.25) is 5.91 Å². The van der Waals surface area contributed by atoms with Gasteiger partial charge in [-0.3, -0.25) is 14.2 Å². The number of carbonyl (C=O) groups is 1. The fourth-order valence-corrected chi connectivity index (χ4v) is 7.02. The summed E-state index contributed by atoms with van der Waals surface area (Å²) in [5.41, 5.74) is 1.03. The summed E-state index contributed by atoms with van der Waals surface area (Å²) >= 11 is 1.35. The number of amides is 1. The molecule has 7 heteroatoms. The van der Waals surface area contributed by atoms with E-state index >= 15 is 0 Å². The maximum absolute atomic E-state index is 13.2. The van der Waals surface area contributed by atoms with E-state index in [9.17, 15) is 9.59 Å². The van der Waals surface area contributed by atoms with Crippen molar-refractivity contribution in [1.82, 2.24) is 14.9 Å². The number of carbonyl (C=O) groups excluding carboxylic acids is 1. The molecule has 5 rings (SSSR count). The Labute approximate surface area is 193 Å². The van der Waals surface area contributed by atoms with Gasteiger partial charge in [-0.05, 0) is 61.0 Å². The Morgan fingerprint density at radius 1 is 1.28 bits per heavy atom. The first-order valence-electron chi connectivity index (χ1n) is 11.8. The van der Waals surface area contributed by atoms with Crippen molar-refractivity contribution in [2.45, 2.75) is 76.7 Å². The quantitative estimate of drug-likeness (QED) is 0.527. The second-order valence-electron chi connectivity index (χ2n) is 10.5. The standard InChI is InChI=1S/C25H33N3O3S/c1-24(2)16-10-11-25(24,3)20(13-16)27-21(29)15-32-23-26-19-9-5-4-8-18(19)22(30)28(23)14-17-7-6-12-31-17/h4-5,8-9,16-17,20H,6-7,10-15H2,1-3H3,(H,27,29). The first-order valence-corrected chi connectivity index (χ1v) is 12.8. The maximum atomic E-state index is 13.2. The molecule has 6 nitrogen and oxygen atoms in total. The number of hydrogen-bond acceptors (Lipinski definition) is 5. The average Bonchev–Trinajstić information content (AvgIpc) is 3.41. The van der Waals surface area contributed by atoms with Crippen molar-refractivity contribution in [2.75, 3.05) is 12.4 Å². The number of nitrogens with one attached hydrogen (secondary N) is 1. The van der Waals surface area contributed by atoms with Gasteiger partial charge in [-0.2, -0.15) is 0 Å². The fraction of sp³-hybridized carbons (Fsp3) is 0.640. The summed E-state index contributed by atoms with van der Waals surface area (Å²) in [4.78, 5) is 30.9. The summed E-state index contributed by atoms with van der Waals surface area (Å²) in [7, 11) is 0. The number of ether oxygens (including phenoxy) is 1. The van der Waals surface area contributed by atoms with Crippen LogP contribution in [0.15, 0.2) is 34.2 Å². The van der Waals surface area contributed by atoms with Gasteiger partial charge in [0.1, 0.15) is 0 Å². The number of thioether (sulfide) groups is 1. The number of nitrogens with zero attached hydrogens (tertiary/aromatic N) is 2. The van der Waals surface area contributed by atoms with E-state index in [0.29, 0.717) is 28.5 Å². The van der Waals surface area contributed by atoms with Crippen LogP contribution < -0.4 is 10.9 Å². The summed E-state index contributed by atoms with van der Waals surface area (Å²) in [6.45, 7) is 8.27. The van der Waals surface area contributed by atoms with Crippen LogP contribution in [-0.4, -0.2) is 40.0 Å². The Bertz CT molecular complexity index is 1090. The third-order valence-electron chi connectivity index (χ3n) is 8.70. The van der Waals surface area contributed by atoms with E-state index in [1.165, 1.54) is 24.6 Å². The molecule has 2 aliphatic carbocycles. The zero-order chi connectivity index (χ0) is 22.5. The molecular weight excluding hydrogens is 422 g/mol. The number of para-hydroxylation sites is 1. The molecule has 0 radical (unpaired) electrons. The van der Waals surface area contributed by atoms with Crippen molar-refractivity contribution in [3.05, 3.63) is 34.6 Å². The summed E-state index contributed by atoms with van der Waals surface area (Å²) in [5.74, 6) is 0.966. The van der Waals surface area contributed by atoms with Crippen molar-refractivity contribution in [3.8, 4) is 0 Å². The van der Waals surface area contributed by atoms with Crippen molar-refractivity contribution in [2.24, 2.45) is 16.7 Å². The number of hydrogen-bond donors (Lipinski definition) is 1. The topological polar surface area (TPSA) is 73.2 Å². The number of aromatic nitrogens is 2. The summed E-state index contributed by atoms with van der Waals surface area (Å²) in [6, 6.07) is 7.64. The first-order chi connectivity index (χ1) is 15.3. The lowest BCUT2D eigenvalue weighted by Crippen LogP contribution is -2.47. The Hall–Kier alpha value is -1.86. The highest BCUT2D eigenvalue weighted by molar-refractivity contribution is 7.99. The molecule has 3 aliphatic rings. The highest BCUT2D eigenvalue weighted by Crippen LogP contribution is 2.65. The Balaban J connectivity index is 1.33. The molecule has 2 heterocycles. The predicted molar refractivity (Wildman–Crippen MR) is 127 cm³/mol. The summed E-state index contributed by atoms with van der Waals surface area (Å²) in [6.07, 6.45) is 5.50. The van der Waals surface area contributed by atoms with E-state index in [1.54, 1.807) is 4.57 Å². The molecule has 32 heavy (non-hydrogen) atoms. The number of rotatable bonds is 6. The van der Waals surface area contributed by atoms with Crippen LogP contribution >= 0.6 is 11.8 Å². The van der Waals surface area contributed by atoms with Crippen LogP contribution in [0.25, 0.3) is 10.9 Å². The molecule has 2 bridgehead atoms. The van der Waals surface area contributed by atoms with Gasteiger partial charge in [0.05, 0.1) is 29.3 Å². The molecule has 2 saturated carbocycles. The number of benzene rings is 1. The zero-order valence-corrected chi connectivity index (χ0v) is 20.0. The molecule has 2 aromatic rings. The average molecular weight is 456 g/mol. The third-order valence-corrected chi connectivity index (χ3v) is 9.67. The molecule has 3 fully saturated rings. The normalized spacial score (nSPS) is 30.8. The second kappa shape index (κ2) is 8.17. The van der Waals surface area contributed by atoms with Crippen LogP contribution in [0.1, 0.15) is 52.9 Å². The van der Waals surface area contributed by atoms with Gasteiger partial charge >= 0.3 is 0 Å². The third kappa shape index (κ3) is 3.58. The lowest BCUT2D eigenvalue weighted by Gasteiger charge is -2.39. The highest BCUT2D eigenvalue weighted by Gasteiger charge is 2.61.